The monoisotopic (exact) mass is 424 g/mol. The predicted octanol–water partition coefficient (Wildman–Crippen LogP) is 3.18. The van der Waals surface area contributed by atoms with Gasteiger partial charge in [-0.3, -0.25) is 5.41 Å². The molecule has 9 heteroatoms. The summed E-state index contributed by atoms with van der Waals surface area (Å²) in [5.41, 5.74) is 10.3. The highest BCUT2D eigenvalue weighted by Gasteiger charge is 2.14. The van der Waals surface area contributed by atoms with Crippen molar-refractivity contribution in [2.24, 2.45) is 18.7 Å². The van der Waals surface area contributed by atoms with Gasteiger partial charge >= 0.3 is 0 Å². The van der Waals surface area contributed by atoms with Crippen LogP contribution in [-0.2, 0) is 20.0 Å². The zero-order valence-electron chi connectivity index (χ0n) is 17.2. The maximum absolute atomic E-state index is 7.51. The summed E-state index contributed by atoms with van der Waals surface area (Å²) in [4.78, 5) is 4.84. The van der Waals surface area contributed by atoms with Crippen molar-refractivity contribution in [3.05, 3.63) is 59.4 Å². The number of nitrogens with two attached hydrogens (primary N) is 1. The van der Waals surface area contributed by atoms with Crippen molar-refractivity contribution in [3.63, 3.8) is 0 Å². The van der Waals surface area contributed by atoms with Crippen molar-refractivity contribution >= 4 is 29.3 Å². The molecule has 0 aliphatic carbocycles. The third kappa shape index (κ3) is 4.18. The van der Waals surface area contributed by atoms with Gasteiger partial charge < -0.3 is 10.3 Å². The highest BCUT2D eigenvalue weighted by molar-refractivity contribution is 5.94. The highest BCUT2D eigenvalue weighted by atomic mass is 35.5. The van der Waals surface area contributed by atoms with Gasteiger partial charge in [0, 0.05) is 31.1 Å². The van der Waals surface area contributed by atoms with Gasteiger partial charge in [-0.05, 0) is 40.1 Å². The lowest BCUT2D eigenvalue weighted by Gasteiger charge is -2.07. The molecule has 0 unspecified atom stereocenters. The Morgan fingerprint density at radius 1 is 1.13 bits per heavy atom. The molecular weight excluding hydrogens is 400 g/mol. The SMILES string of the molecule is CC(C)Cn1nnnc1-c1ccc2c(c1)nc(Cc1ccc(C(=N)N)cc1)n2C.Cl. The standard InChI is InChI=1S/C21H24N8.ClH/c1-13(2)12-29-21(25-26-27-29)16-8-9-18-17(11-16)24-19(28(18)3)10-14-4-6-15(7-5-14)20(22)23;/h4-9,11,13H,10,12H2,1-3H3,(H3,22,23);1H. The maximum Gasteiger partial charge on any atom is 0.182 e. The van der Waals surface area contributed by atoms with Gasteiger partial charge in [-0.25, -0.2) is 9.67 Å². The second-order valence-corrected chi connectivity index (χ2v) is 7.66. The second kappa shape index (κ2) is 8.62. The second-order valence-electron chi connectivity index (χ2n) is 7.66. The number of tetrazole rings is 1. The number of nitrogens with zero attached hydrogens (tertiary/aromatic N) is 6. The van der Waals surface area contributed by atoms with Gasteiger partial charge in [-0.2, -0.15) is 0 Å². The Morgan fingerprint density at radius 2 is 1.87 bits per heavy atom. The number of aromatic nitrogens is 6. The molecule has 0 fully saturated rings. The molecule has 4 rings (SSSR count). The molecule has 2 aromatic carbocycles. The number of imidazole rings is 1. The van der Waals surface area contributed by atoms with Crippen LogP contribution in [0.15, 0.2) is 42.5 Å². The first-order chi connectivity index (χ1) is 13.9. The Balaban J connectivity index is 0.00000256. The molecule has 2 aromatic heterocycles. The van der Waals surface area contributed by atoms with Gasteiger partial charge in [0.25, 0.3) is 0 Å². The molecule has 0 saturated heterocycles. The molecule has 0 saturated carbocycles. The minimum Gasteiger partial charge on any atom is -0.384 e. The molecule has 0 atom stereocenters. The topological polar surface area (TPSA) is 111 Å². The van der Waals surface area contributed by atoms with E-state index < -0.39 is 0 Å². The van der Waals surface area contributed by atoms with Crippen molar-refractivity contribution < 1.29 is 0 Å². The van der Waals surface area contributed by atoms with E-state index in [2.05, 4.69) is 40.0 Å². The van der Waals surface area contributed by atoms with Crippen molar-refractivity contribution in [3.8, 4) is 11.4 Å². The molecule has 0 spiro atoms. The van der Waals surface area contributed by atoms with Crippen LogP contribution >= 0.6 is 12.4 Å². The number of halogens is 1. The first kappa shape index (κ1) is 21.4. The van der Waals surface area contributed by atoms with E-state index in [1.165, 1.54) is 0 Å². The van der Waals surface area contributed by atoms with Crippen LogP contribution in [0.25, 0.3) is 22.4 Å². The zero-order valence-corrected chi connectivity index (χ0v) is 18.0. The summed E-state index contributed by atoms with van der Waals surface area (Å²) < 4.78 is 3.95. The summed E-state index contributed by atoms with van der Waals surface area (Å²) in [6.45, 7) is 5.05. The number of aryl methyl sites for hydroxylation is 1. The summed E-state index contributed by atoms with van der Waals surface area (Å²) in [7, 11) is 2.02. The number of rotatable bonds is 6. The van der Waals surface area contributed by atoms with Crippen LogP contribution in [0.4, 0.5) is 0 Å². The summed E-state index contributed by atoms with van der Waals surface area (Å²) >= 11 is 0. The average Bonchev–Trinajstić information content (AvgIpc) is 3.26. The molecule has 2 heterocycles. The van der Waals surface area contributed by atoms with Gasteiger partial charge in [0.2, 0.25) is 0 Å². The van der Waals surface area contributed by atoms with E-state index >= 15 is 0 Å². The Labute approximate surface area is 181 Å². The normalized spacial score (nSPS) is 11.1. The molecule has 0 aliphatic rings. The van der Waals surface area contributed by atoms with Gasteiger partial charge in [-0.1, -0.05) is 38.1 Å². The number of hydrogen-bond acceptors (Lipinski definition) is 5. The van der Waals surface area contributed by atoms with Crippen LogP contribution in [0.5, 0.6) is 0 Å². The van der Waals surface area contributed by atoms with E-state index in [4.69, 9.17) is 16.1 Å². The van der Waals surface area contributed by atoms with Gasteiger partial charge in [0.05, 0.1) is 11.0 Å². The summed E-state index contributed by atoms with van der Waals surface area (Å²) in [6, 6.07) is 13.9. The van der Waals surface area contributed by atoms with Crippen LogP contribution in [-0.4, -0.2) is 35.6 Å². The van der Waals surface area contributed by atoms with Crippen LogP contribution in [0.3, 0.4) is 0 Å². The van der Waals surface area contributed by atoms with E-state index in [9.17, 15) is 0 Å². The third-order valence-corrected chi connectivity index (χ3v) is 4.93. The summed E-state index contributed by atoms with van der Waals surface area (Å²) in [5.74, 6) is 2.26. The molecule has 0 radical (unpaired) electrons. The average molecular weight is 425 g/mol. The van der Waals surface area contributed by atoms with Crippen LogP contribution in [0.2, 0.25) is 0 Å². The first-order valence-electron chi connectivity index (χ1n) is 9.57. The number of benzene rings is 2. The highest BCUT2D eigenvalue weighted by Crippen LogP contribution is 2.24. The largest absolute Gasteiger partial charge is 0.384 e. The molecule has 0 aliphatic heterocycles. The van der Waals surface area contributed by atoms with Crippen LogP contribution in [0, 0.1) is 11.3 Å². The van der Waals surface area contributed by atoms with Gasteiger partial charge in [-0.15, -0.1) is 17.5 Å². The quantitative estimate of drug-likeness (QED) is 0.364. The van der Waals surface area contributed by atoms with E-state index in [-0.39, 0.29) is 18.2 Å². The fraction of sp³-hybridized carbons (Fsp3) is 0.286. The lowest BCUT2D eigenvalue weighted by atomic mass is 10.1. The predicted molar refractivity (Wildman–Crippen MR) is 120 cm³/mol. The smallest absolute Gasteiger partial charge is 0.182 e. The fourth-order valence-electron chi connectivity index (χ4n) is 3.41. The summed E-state index contributed by atoms with van der Waals surface area (Å²) in [6.07, 6.45) is 0.698. The fourth-order valence-corrected chi connectivity index (χ4v) is 3.41. The number of nitrogens with one attached hydrogen (secondary N) is 1. The Bertz CT molecular complexity index is 1170. The molecule has 0 bridgehead atoms. The van der Waals surface area contributed by atoms with Crippen molar-refractivity contribution in [2.75, 3.05) is 0 Å². The van der Waals surface area contributed by atoms with E-state index in [0.29, 0.717) is 12.3 Å². The number of fused-ring (bicyclic) bond motifs is 1. The summed E-state index contributed by atoms with van der Waals surface area (Å²) in [5, 5.41) is 19.7. The zero-order chi connectivity index (χ0) is 20.5. The lowest BCUT2D eigenvalue weighted by molar-refractivity contribution is 0.475. The molecule has 30 heavy (non-hydrogen) atoms. The van der Waals surface area contributed by atoms with Crippen LogP contribution < -0.4 is 5.73 Å². The first-order valence-corrected chi connectivity index (χ1v) is 9.57. The third-order valence-electron chi connectivity index (χ3n) is 4.93. The molecule has 4 aromatic rings. The molecule has 156 valence electrons. The number of amidine groups is 1. The Hall–Kier alpha value is -3.26. The Morgan fingerprint density at radius 3 is 2.53 bits per heavy atom. The molecule has 3 N–H and O–H groups in total. The number of nitrogen functional groups attached to an aromatic ring is 1. The lowest BCUT2D eigenvalue weighted by Crippen LogP contribution is -2.10. The van der Waals surface area contributed by atoms with Gasteiger partial charge in [0.1, 0.15) is 11.7 Å². The number of hydrogen-bond donors (Lipinski definition) is 2. The minimum atomic E-state index is 0. The van der Waals surface area contributed by atoms with Crippen molar-refractivity contribution in [1.29, 1.82) is 5.41 Å². The Kier molecular flexibility index (Phi) is 6.17. The van der Waals surface area contributed by atoms with Crippen molar-refractivity contribution in [1.82, 2.24) is 29.8 Å². The van der Waals surface area contributed by atoms with Gasteiger partial charge in [0.15, 0.2) is 5.82 Å². The maximum atomic E-state index is 7.51. The van der Waals surface area contributed by atoms with E-state index in [1.807, 2.05) is 48.1 Å². The molecule has 0 amide bonds. The molecular formula is C21H25ClN8. The van der Waals surface area contributed by atoms with E-state index in [0.717, 1.165) is 45.9 Å². The van der Waals surface area contributed by atoms with Crippen LogP contribution in [0.1, 0.15) is 30.8 Å². The minimum absolute atomic E-state index is 0. The van der Waals surface area contributed by atoms with E-state index in [1.54, 1.807) is 0 Å². The molecule has 8 nitrogen and oxygen atoms in total. The van der Waals surface area contributed by atoms with Crippen molar-refractivity contribution in [2.45, 2.75) is 26.8 Å².